The minimum absolute atomic E-state index is 0.246. The average molecular weight is 398 g/mol. The predicted molar refractivity (Wildman–Crippen MR) is 118 cm³/mol. The number of ketones is 1. The number of nitrogens with one attached hydrogen (secondary N) is 1. The molecule has 1 heterocycles. The van der Waals surface area contributed by atoms with Gasteiger partial charge >= 0.3 is 0 Å². The Morgan fingerprint density at radius 3 is 2.82 bits per heavy atom. The molecule has 0 saturated carbocycles. The molecule has 0 aromatic heterocycles. The standard InChI is InChI=1S/C24H31NO2S/c1-2-23(25-27-15-7-6-11-19-9-4-3-5-10-19)22-14-13-20(17-24(22)26)21-12-8-16-28-18-21/h2-7,9-10,14,20-21,25H,8,11-13,15-18H2,1H3. The lowest BCUT2D eigenvalue weighted by Crippen LogP contribution is -2.29. The van der Waals surface area contributed by atoms with Gasteiger partial charge in [-0.15, -0.1) is 0 Å². The van der Waals surface area contributed by atoms with Crippen molar-refractivity contribution in [1.29, 1.82) is 0 Å². The van der Waals surface area contributed by atoms with E-state index in [9.17, 15) is 4.79 Å². The van der Waals surface area contributed by atoms with E-state index in [0.717, 1.165) is 24.1 Å². The Bertz CT molecular complexity index is 717. The Balaban J connectivity index is 1.44. The van der Waals surface area contributed by atoms with Gasteiger partial charge in [0.15, 0.2) is 5.78 Å². The second-order valence-corrected chi connectivity index (χ2v) is 8.64. The van der Waals surface area contributed by atoms with Gasteiger partial charge in [-0.1, -0.05) is 54.6 Å². The van der Waals surface area contributed by atoms with Gasteiger partial charge in [-0.2, -0.15) is 11.8 Å². The van der Waals surface area contributed by atoms with E-state index in [1.165, 1.54) is 29.9 Å². The molecular formula is C24H31NO2S. The largest absolute Gasteiger partial charge is 0.294 e. The molecule has 0 spiro atoms. The number of allylic oxidation sites excluding steroid dienone is 4. The van der Waals surface area contributed by atoms with Gasteiger partial charge in [-0.3, -0.25) is 15.1 Å². The molecule has 150 valence electrons. The van der Waals surface area contributed by atoms with Crippen molar-refractivity contribution in [2.75, 3.05) is 18.1 Å². The van der Waals surface area contributed by atoms with Gasteiger partial charge in [-0.05, 0) is 61.5 Å². The SMILES string of the molecule is CC=C(NOCC=CCc1ccccc1)C1=CCC(C2CCCSC2)CC1=O. The molecule has 2 unspecified atom stereocenters. The van der Waals surface area contributed by atoms with E-state index in [1.807, 2.05) is 49.0 Å². The summed E-state index contributed by atoms with van der Waals surface area (Å²) >= 11 is 2.04. The maximum Gasteiger partial charge on any atom is 0.164 e. The van der Waals surface area contributed by atoms with Gasteiger partial charge in [0.1, 0.15) is 0 Å². The Morgan fingerprint density at radius 2 is 2.11 bits per heavy atom. The minimum Gasteiger partial charge on any atom is -0.294 e. The van der Waals surface area contributed by atoms with Crippen molar-refractivity contribution in [3.63, 3.8) is 0 Å². The Kier molecular flexibility index (Phi) is 8.43. The zero-order valence-electron chi connectivity index (χ0n) is 16.7. The monoisotopic (exact) mass is 397 g/mol. The lowest BCUT2D eigenvalue weighted by atomic mass is 9.78. The van der Waals surface area contributed by atoms with Crippen LogP contribution in [0, 0.1) is 11.8 Å². The first-order chi connectivity index (χ1) is 13.8. The summed E-state index contributed by atoms with van der Waals surface area (Å²) < 4.78 is 0. The topological polar surface area (TPSA) is 38.3 Å². The molecule has 1 fully saturated rings. The van der Waals surface area contributed by atoms with Gasteiger partial charge in [0.05, 0.1) is 12.3 Å². The van der Waals surface area contributed by atoms with Gasteiger partial charge < -0.3 is 0 Å². The Hall–Kier alpha value is -1.78. The van der Waals surface area contributed by atoms with Crippen LogP contribution in [0.25, 0.3) is 0 Å². The second-order valence-electron chi connectivity index (χ2n) is 7.49. The lowest BCUT2D eigenvalue weighted by molar-refractivity contribution is -0.117. The molecule has 1 saturated heterocycles. The number of Topliss-reactive ketones (excluding diaryl/α,β-unsaturated/α-hetero) is 1. The van der Waals surface area contributed by atoms with Gasteiger partial charge in [0, 0.05) is 12.0 Å². The first-order valence-corrected chi connectivity index (χ1v) is 11.5. The summed E-state index contributed by atoms with van der Waals surface area (Å²) in [5, 5.41) is 0. The van der Waals surface area contributed by atoms with Crippen molar-refractivity contribution in [2.45, 2.75) is 39.0 Å². The summed E-state index contributed by atoms with van der Waals surface area (Å²) in [6, 6.07) is 10.3. The van der Waals surface area contributed by atoms with Gasteiger partial charge in [0.25, 0.3) is 0 Å². The molecule has 0 radical (unpaired) electrons. The molecule has 1 aliphatic carbocycles. The number of benzene rings is 1. The molecule has 4 heteroatoms. The van der Waals surface area contributed by atoms with Crippen molar-refractivity contribution in [2.24, 2.45) is 11.8 Å². The third kappa shape index (κ3) is 6.11. The van der Waals surface area contributed by atoms with E-state index in [4.69, 9.17) is 4.84 Å². The number of carbonyl (C=O) groups is 1. The molecule has 3 rings (SSSR count). The van der Waals surface area contributed by atoms with Crippen molar-refractivity contribution in [1.82, 2.24) is 5.48 Å². The van der Waals surface area contributed by atoms with E-state index in [-0.39, 0.29) is 5.78 Å². The smallest absolute Gasteiger partial charge is 0.164 e. The quantitative estimate of drug-likeness (QED) is 0.369. The first-order valence-electron chi connectivity index (χ1n) is 10.3. The maximum atomic E-state index is 12.7. The second kappa shape index (κ2) is 11.3. The first kappa shape index (κ1) is 20.9. The molecule has 1 aromatic carbocycles. The molecule has 1 aromatic rings. The van der Waals surface area contributed by atoms with Gasteiger partial charge in [0.2, 0.25) is 0 Å². The Labute approximate surface area is 173 Å². The van der Waals surface area contributed by atoms with Crippen molar-refractivity contribution < 1.29 is 9.63 Å². The highest BCUT2D eigenvalue weighted by molar-refractivity contribution is 7.99. The van der Waals surface area contributed by atoms with E-state index < -0.39 is 0 Å². The Morgan fingerprint density at radius 1 is 1.25 bits per heavy atom. The van der Waals surface area contributed by atoms with Crippen LogP contribution in [0.3, 0.4) is 0 Å². The number of thioether (sulfide) groups is 1. The average Bonchev–Trinajstić information content (AvgIpc) is 2.75. The molecule has 1 aliphatic heterocycles. The molecular weight excluding hydrogens is 366 g/mol. The van der Waals surface area contributed by atoms with E-state index in [1.54, 1.807) is 0 Å². The highest BCUT2D eigenvalue weighted by atomic mass is 32.2. The van der Waals surface area contributed by atoms with Crippen LogP contribution in [0.1, 0.15) is 38.2 Å². The molecule has 2 atom stereocenters. The molecule has 1 N–H and O–H groups in total. The molecule has 2 aliphatic rings. The molecule has 0 amide bonds. The summed E-state index contributed by atoms with van der Waals surface area (Å²) in [5.41, 5.74) is 5.84. The number of hydroxylamine groups is 1. The van der Waals surface area contributed by atoms with Crippen LogP contribution < -0.4 is 5.48 Å². The van der Waals surface area contributed by atoms with Crippen molar-refractivity contribution in [3.8, 4) is 0 Å². The van der Waals surface area contributed by atoms with Crippen LogP contribution >= 0.6 is 11.8 Å². The van der Waals surface area contributed by atoms with E-state index in [0.29, 0.717) is 24.9 Å². The fraction of sp³-hybridized carbons (Fsp3) is 0.458. The highest BCUT2D eigenvalue weighted by Crippen LogP contribution is 2.36. The van der Waals surface area contributed by atoms with Crippen LogP contribution in [-0.2, 0) is 16.1 Å². The minimum atomic E-state index is 0.246. The molecule has 0 bridgehead atoms. The lowest BCUT2D eigenvalue weighted by Gasteiger charge is -2.31. The highest BCUT2D eigenvalue weighted by Gasteiger charge is 2.30. The summed E-state index contributed by atoms with van der Waals surface area (Å²) in [5.74, 6) is 3.96. The van der Waals surface area contributed by atoms with Crippen molar-refractivity contribution in [3.05, 3.63) is 71.5 Å². The van der Waals surface area contributed by atoms with Crippen LogP contribution in [0.15, 0.2) is 65.9 Å². The van der Waals surface area contributed by atoms with Crippen LogP contribution in [0.5, 0.6) is 0 Å². The van der Waals surface area contributed by atoms with Crippen LogP contribution in [-0.4, -0.2) is 23.9 Å². The van der Waals surface area contributed by atoms with Crippen LogP contribution in [0.4, 0.5) is 0 Å². The van der Waals surface area contributed by atoms with E-state index >= 15 is 0 Å². The third-order valence-corrected chi connectivity index (χ3v) is 6.78. The van der Waals surface area contributed by atoms with E-state index in [2.05, 4.69) is 29.8 Å². The summed E-state index contributed by atoms with van der Waals surface area (Å²) in [6.07, 6.45) is 13.3. The van der Waals surface area contributed by atoms with Crippen molar-refractivity contribution >= 4 is 17.5 Å². The number of rotatable bonds is 8. The zero-order chi connectivity index (χ0) is 19.6. The van der Waals surface area contributed by atoms with Crippen LogP contribution in [0.2, 0.25) is 0 Å². The molecule has 28 heavy (non-hydrogen) atoms. The summed E-state index contributed by atoms with van der Waals surface area (Å²) in [6.45, 7) is 2.41. The maximum absolute atomic E-state index is 12.7. The number of carbonyl (C=O) groups excluding carboxylic acids is 1. The molecule has 3 nitrogen and oxygen atoms in total. The number of hydrogen-bond acceptors (Lipinski definition) is 4. The fourth-order valence-corrected chi connectivity index (χ4v) is 5.19. The predicted octanol–water partition coefficient (Wildman–Crippen LogP) is 5.26. The van der Waals surface area contributed by atoms with Gasteiger partial charge in [-0.25, -0.2) is 0 Å². The number of hydrogen-bond donors (Lipinski definition) is 1. The normalized spacial score (nSPS) is 23.7. The fourth-order valence-electron chi connectivity index (χ4n) is 3.91. The summed E-state index contributed by atoms with van der Waals surface area (Å²) in [7, 11) is 0. The third-order valence-electron chi connectivity index (χ3n) is 5.54. The zero-order valence-corrected chi connectivity index (χ0v) is 17.5. The summed E-state index contributed by atoms with van der Waals surface area (Å²) in [4.78, 5) is 18.3.